The van der Waals surface area contributed by atoms with Crippen LogP contribution in [0.1, 0.15) is 46.6 Å². The zero-order valence-electron chi connectivity index (χ0n) is 17.2. The van der Waals surface area contributed by atoms with Gasteiger partial charge in [0.05, 0.1) is 18.2 Å². The second kappa shape index (κ2) is 9.06. The molecule has 0 saturated carbocycles. The van der Waals surface area contributed by atoms with Crippen LogP contribution in [-0.4, -0.2) is 49.7 Å². The van der Waals surface area contributed by atoms with Crippen LogP contribution in [0.2, 0.25) is 0 Å². The van der Waals surface area contributed by atoms with E-state index in [4.69, 9.17) is 14.2 Å². The first-order chi connectivity index (χ1) is 14.5. The number of aryl methyl sites for hydroxylation is 1. The smallest absolute Gasteiger partial charge is 0.348 e. The number of likely N-dealkylation sites (tertiary alicyclic amines) is 1. The maximum Gasteiger partial charge on any atom is 0.348 e. The van der Waals surface area contributed by atoms with Gasteiger partial charge >= 0.3 is 5.97 Å². The first-order valence-electron chi connectivity index (χ1n) is 10.3. The van der Waals surface area contributed by atoms with Crippen LogP contribution in [0.25, 0.3) is 0 Å². The fourth-order valence-electron chi connectivity index (χ4n) is 3.96. The molecule has 2 aliphatic heterocycles. The zero-order valence-corrected chi connectivity index (χ0v) is 18.0. The number of ether oxygens (including phenoxy) is 3. The van der Waals surface area contributed by atoms with Gasteiger partial charge in [-0.05, 0) is 62.6 Å². The Morgan fingerprint density at radius 1 is 1.23 bits per heavy atom. The molecule has 1 N–H and O–H groups in total. The molecule has 30 heavy (non-hydrogen) atoms. The molecule has 3 heterocycles. The van der Waals surface area contributed by atoms with Gasteiger partial charge in [0.2, 0.25) is 5.91 Å². The molecule has 0 spiro atoms. The van der Waals surface area contributed by atoms with E-state index in [-0.39, 0.29) is 17.9 Å². The Bertz CT molecular complexity index is 942. The van der Waals surface area contributed by atoms with E-state index in [1.165, 1.54) is 11.3 Å². The van der Waals surface area contributed by atoms with Crippen molar-refractivity contribution in [2.45, 2.75) is 32.7 Å². The van der Waals surface area contributed by atoms with E-state index in [2.05, 4.69) is 16.3 Å². The van der Waals surface area contributed by atoms with Gasteiger partial charge in [0.25, 0.3) is 0 Å². The van der Waals surface area contributed by atoms with Gasteiger partial charge in [0.15, 0.2) is 11.5 Å². The summed E-state index contributed by atoms with van der Waals surface area (Å²) in [6.07, 6.45) is 2.04. The van der Waals surface area contributed by atoms with Gasteiger partial charge in [0, 0.05) is 6.04 Å². The normalized spacial score (nSPS) is 18.3. The number of amides is 1. The SMILES string of the molecule is CCOC(=O)c1sc(NC(=O)CN2CCCC2c2ccc3c(c2)OCCO3)cc1C. The molecule has 1 saturated heterocycles. The van der Waals surface area contributed by atoms with Crippen LogP contribution in [0, 0.1) is 6.92 Å². The molecule has 0 radical (unpaired) electrons. The number of hydrogen-bond acceptors (Lipinski definition) is 7. The van der Waals surface area contributed by atoms with E-state index in [1.807, 2.05) is 25.1 Å². The highest BCUT2D eigenvalue weighted by Gasteiger charge is 2.29. The number of esters is 1. The summed E-state index contributed by atoms with van der Waals surface area (Å²) in [4.78, 5) is 27.4. The Morgan fingerprint density at radius 3 is 2.83 bits per heavy atom. The van der Waals surface area contributed by atoms with E-state index in [9.17, 15) is 9.59 Å². The van der Waals surface area contributed by atoms with Crippen LogP contribution < -0.4 is 14.8 Å². The fourth-order valence-corrected chi connectivity index (χ4v) is 4.95. The van der Waals surface area contributed by atoms with Gasteiger partial charge in [0.1, 0.15) is 18.1 Å². The van der Waals surface area contributed by atoms with Gasteiger partial charge < -0.3 is 19.5 Å². The molecule has 1 aromatic carbocycles. The fraction of sp³-hybridized carbons (Fsp3) is 0.455. The number of nitrogens with one attached hydrogen (secondary N) is 1. The molecular weight excluding hydrogens is 404 g/mol. The molecule has 0 aliphatic carbocycles. The van der Waals surface area contributed by atoms with Gasteiger partial charge in [-0.15, -0.1) is 11.3 Å². The Morgan fingerprint density at radius 2 is 2.03 bits per heavy atom. The Labute approximate surface area is 179 Å². The van der Waals surface area contributed by atoms with Crippen LogP contribution in [0.5, 0.6) is 11.5 Å². The third-order valence-electron chi connectivity index (χ3n) is 5.30. The molecule has 1 unspecified atom stereocenters. The van der Waals surface area contributed by atoms with Crippen LogP contribution in [0.3, 0.4) is 0 Å². The third kappa shape index (κ3) is 4.44. The molecule has 7 nitrogen and oxygen atoms in total. The summed E-state index contributed by atoms with van der Waals surface area (Å²) < 4.78 is 16.4. The minimum absolute atomic E-state index is 0.0869. The molecular formula is C22H26N2O5S. The van der Waals surface area contributed by atoms with Crippen molar-refractivity contribution in [2.24, 2.45) is 0 Å². The van der Waals surface area contributed by atoms with Crippen LogP contribution in [0.15, 0.2) is 24.3 Å². The minimum Gasteiger partial charge on any atom is -0.486 e. The van der Waals surface area contributed by atoms with Crippen molar-refractivity contribution in [2.75, 3.05) is 38.2 Å². The zero-order chi connectivity index (χ0) is 21.1. The summed E-state index contributed by atoms with van der Waals surface area (Å²) in [5.41, 5.74) is 1.95. The lowest BCUT2D eigenvalue weighted by atomic mass is 10.0. The predicted molar refractivity (Wildman–Crippen MR) is 115 cm³/mol. The molecule has 1 amide bonds. The van der Waals surface area contributed by atoms with Crippen molar-refractivity contribution in [3.05, 3.63) is 40.3 Å². The van der Waals surface area contributed by atoms with Gasteiger partial charge in [-0.2, -0.15) is 0 Å². The average Bonchev–Trinajstić information content (AvgIpc) is 3.34. The highest BCUT2D eigenvalue weighted by atomic mass is 32.1. The number of anilines is 1. The summed E-state index contributed by atoms with van der Waals surface area (Å²) in [6.45, 7) is 6.24. The topological polar surface area (TPSA) is 77.1 Å². The largest absolute Gasteiger partial charge is 0.486 e. The number of carbonyl (C=O) groups excluding carboxylic acids is 2. The van der Waals surface area contributed by atoms with E-state index >= 15 is 0 Å². The van der Waals surface area contributed by atoms with E-state index < -0.39 is 0 Å². The number of hydrogen-bond donors (Lipinski definition) is 1. The first-order valence-corrected chi connectivity index (χ1v) is 11.1. The summed E-state index contributed by atoms with van der Waals surface area (Å²) >= 11 is 1.25. The molecule has 1 aromatic heterocycles. The lowest BCUT2D eigenvalue weighted by Gasteiger charge is -2.26. The molecule has 1 fully saturated rings. The van der Waals surface area contributed by atoms with E-state index in [1.54, 1.807) is 6.92 Å². The molecule has 8 heteroatoms. The van der Waals surface area contributed by atoms with Crippen molar-refractivity contribution >= 4 is 28.2 Å². The van der Waals surface area contributed by atoms with Crippen molar-refractivity contribution in [1.29, 1.82) is 0 Å². The lowest BCUT2D eigenvalue weighted by Crippen LogP contribution is -2.32. The molecule has 4 rings (SSSR count). The number of benzene rings is 1. The number of nitrogens with zero attached hydrogens (tertiary/aromatic N) is 1. The van der Waals surface area contributed by atoms with Gasteiger partial charge in [-0.1, -0.05) is 6.07 Å². The summed E-state index contributed by atoms with van der Waals surface area (Å²) in [5, 5.41) is 3.60. The minimum atomic E-state index is -0.348. The molecule has 0 bridgehead atoms. The molecule has 160 valence electrons. The van der Waals surface area contributed by atoms with Crippen LogP contribution >= 0.6 is 11.3 Å². The van der Waals surface area contributed by atoms with Crippen molar-refractivity contribution in [1.82, 2.24) is 4.90 Å². The van der Waals surface area contributed by atoms with E-state index in [0.717, 1.165) is 42.0 Å². The number of carbonyl (C=O) groups is 2. The Hall–Kier alpha value is -2.58. The Kier molecular flexibility index (Phi) is 6.24. The number of fused-ring (bicyclic) bond motifs is 1. The standard InChI is InChI=1S/C22H26N2O5S/c1-3-27-22(26)21-14(2)11-20(30-21)23-19(25)13-24-8-4-5-16(24)15-6-7-17-18(12-15)29-10-9-28-17/h6-7,11-12,16H,3-5,8-10,13H2,1-2H3,(H,23,25). The number of thiophene rings is 1. The highest BCUT2D eigenvalue weighted by Crippen LogP contribution is 2.38. The van der Waals surface area contributed by atoms with Crippen molar-refractivity contribution in [3.8, 4) is 11.5 Å². The second-order valence-corrected chi connectivity index (χ2v) is 8.48. The van der Waals surface area contributed by atoms with Gasteiger partial charge in [-0.3, -0.25) is 9.69 Å². The molecule has 1 atom stereocenters. The molecule has 2 aliphatic rings. The van der Waals surface area contributed by atoms with E-state index in [0.29, 0.717) is 36.2 Å². The van der Waals surface area contributed by atoms with Crippen LogP contribution in [-0.2, 0) is 9.53 Å². The lowest BCUT2D eigenvalue weighted by molar-refractivity contribution is -0.117. The average molecular weight is 431 g/mol. The quantitative estimate of drug-likeness (QED) is 0.703. The van der Waals surface area contributed by atoms with Crippen LogP contribution in [0.4, 0.5) is 5.00 Å². The molecule has 2 aromatic rings. The summed E-state index contributed by atoms with van der Waals surface area (Å²) in [6, 6.07) is 8.03. The first kappa shape index (κ1) is 20.7. The number of rotatable bonds is 6. The van der Waals surface area contributed by atoms with Crippen molar-refractivity contribution in [3.63, 3.8) is 0 Å². The monoisotopic (exact) mass is 430 g/mol. The predicted octanol–water partition coefficient (Wildman–Crippen LogP) is 3.78. The maximum absolute atomic E-state index is 12.7. The van der Waals surface area contributed by atoms with Gasteiger partial charge in [-0.25, -0.2) is 4.79 Å². The maximum atomic E-state index is 12.7. The Balaban J connectivity index is 1.40. The van der Waals surface area contributed by atoms with Crippen molar-refractivity contribution < 1.29 is 23.8 Å². The second-order valence-electron chi connectivity index (χ2n) is 7.42. The summed E-state index contributed by atoms with van der Waals surface area (Å²) in [7, 11) is 0. The third-order valence-corrected chi connectivity index (χ3v) is 6.44. The summed E-state index contributed by atoms with van der Waals surface area (Å²) in [5.74, 6) is 1.11. The highest BCUT2D eigenvalue weighted by molar-refractivity contribution is 7.18.